The number of amides is 3. The third-order valence-electron chi connectivity index (χ3n) is 4.65. The van der Waals surface area contributed by atoms with Crippen LogP contribution in [0.1, 0.15) is 24.6 Å². The lowest BCUT2D eigenvalue weighted by Gasteiger charge is -2.39. The van der Waals surface area contributed by atoms with Gasteiger partial charge in [0, 0.05) is 23.9 Å². The van der Waals surface area contributed by atoms with Crippen molar-refractivity contribution in [2.24, 2.45) is 5.92 Å². The van der Waals surface area contributed by atoms with Crippen LogP contribution < -0.4 is 10.6 Å². The Hall–Kier alpha value is -1.40. The molecule has 2 N–H and O–H groups in total. The summed E-state index contributed by atoms with van der Waals surface area (Å²) >= 11 is 1.79. The molecular weight excluding hydrogens is 286 g/mol. The van der Waals surface area contributed by atoms with Gasteiger partial charge in [0.05, 0.1) is 0 Å². The van der Waals surface area contributed by atoms with Crippen molar-refractivity contribution in [2.75, 3.05) is 19.6 Å². The maximum absolute atomic E-state index is 12.0. The van der Waals surface area contributed by atoms with Gasteiger partial charge in [-0.1, -0.05) is 6.07 Å². The predicted molar refractivity (Wildman–Crippen MR) is 82.3 cm³/mol. The van der Waals surface area contributed by atoms with E-state index in [-0.39, 0.29) is 17.9 Å². The summed E-state index contributed by atoms with van der Waals surface area (Å²) in [5.41, 5.74) is -0.751. The first kappa shape index (κ1) is 14.5. The molecule has 0 aromatic carbocycles. The highest BCUT2D eigenvalue weighted by molar-refractivity contribution is 7.09. The summed E-state index contributed by atoms with van der Waals surface area (Å²) in [6, 6.07) is 3.88. The molecule has 0 saturated carbocycles. The maximum Gasteiger partial charge on any atom is 0.322 e. The van der Waals surface area contributed by atoms with Crippen molar-refractivity contribution in [3.8, 4) is 0 Å². The molecule has 3 amide bonds. The summed E-state index contributed by atoms with van der Waals surface area (Å²) in [6.07, 6.45) is 3.12. The van der Waals surface area contributed by atoms with Crippen LogP contribution in [0.2, 0.25) is 0 Å². The summed E-state index contributed by atoms with van der Waals surface area (Å²) in [4.78, 5) is 27.3. The predicted octanol–water partition coefficient (Wildman–Crippen LogP) is 1.60. The summed E-state index contributed by atoms with van der Waals surface area (Å²) in [5, 5.41) is 7.29. The molecule has 21 heavy (non-hydrogen) atoms. The number of likely N-dealkylation sites (tertiary alicyclic amines) is 1. The molecule has 0 spiro atoms. The molecule has 114 valence electrons. The van der Waals surface area contributed by atoms with E-state index < -0.39 is 5.54 Å². The third-order valence-corrected chi connectivity index (χ3v) is 5.58. The Morgan fingerprint density at radius 1 is 1.48 bits per heavy atom. The van der Waals surface area contributed by atoms with Crippen LogP contribution in [0, 0.1) is 5.92 Å². The summed E-state index contributed by atoms with van der Waals surface area (Å²) < 4.78 is 0. The minimum absolute atomic E-state index is 0.182. The highest BCUT2D eigenvalue weighted by Crippen LogP contribution is 2.29. The normalized spacial score (nSPS) is 30.2. The molecular formula is C15H21N3O2S. The number of rotatable bonds is 4. The Morgan fingerprint density at radius 2 is 2.33 bits per heavy atom. The highest BCUT2D eigenvalue weighted by atomic mass is 32.1. The number of urea groups is 1. The van der Waals surface area contributed by atoms with Crippen molar-refractivity contribution in [2.45, 2.75) is 31.7 Å². The Balaban J connectivity index is 1.60. The summed E-state index contributed by atoms with van der Waals surface area (Å²) in [5.74, 6) is -0.00126. The molecule has 2 aliphatic heterocycles. The van der Waals surface area contributed by atoms with Gasteiger partial charge < -0.3 is 10.2 Å². The maximum atomic E-state index is 12.0. The van der Waals surface area contributed by atoms with Gasteiger partial charge >= 0.3 is 6.03 Å². The van der Waals surface area contributed by atoms with Crippen LogP contribution >= 0.6 is 11.3 Å². The molecule has 2 aliphatic rings. The van der Waals surface area contributed by atoms with Gasteiger partial charge in [0.15, 0.2) is 0 Å². The van der Waals surface area contributed by atoms with E-state index in [1.165, 1.54) is 4.88 Å². The second-order valence-corrected chi connectivity index (χ2v) is 7.11. The topological polar surface area (TPSA) is 61.4 Å². The van der Waals surface area contributed by atoms with Crippen LogP contribution in [0.15, 0.2) is 17.5 Å². The van der Waals surface area contributed by atoms with Crippen molar-refractivity contribution in [3.63, 3.8) is 0 Å². The van der Waals surface area contributed by atoms with Gasteiger partial charge in [0.1, 0.15) is 5.54 Å². The van der Waals surface area contributed by atoms with Crippen LogP contribution in [0.25, 0.3) is 0 Å². The van der Waals surface area contributed by atoms with Crippen LogP contribution in [-0.4, -0.2) is 42.0 Å². The smallest absolute Gasteiger partial charge is 0.322 e. The number of nitrogens with one attached hydrogen (secondary N) is 2. The SMILES string of the molecule is C[C@]1([C@@H]2CCCN(CCc3cccs3)C2)NC(=O)NC1=O. The zero-order valence-corrected chi connectivity index (χ0v) is 13.0. The Labute approximate surface area is 128 Å². The highest BCUT2D eigenvalue weighted by Gasteiger charge is 2.48. The summed E-state index contributed by atoms with van der Waals surface area (Å²) in [6.45, 7) is 4.81. The number of piperidine rings is 1. The standard InChI is InChI=1S/C15H21N3O2S/c1-15(13(19)16-14(20)17-15)11-4-2-7-18(10-11)8-6-12-5-3-9-21-12/h3,5,9,11H,2,4,6-8,10H2,1H3,(H2,16,17,19,20)/t11-,15-/m1/s1. The first-order valence-electron chi connectivity index (χ1n) is 7.46. The van der Waals surface area contributed by atoms with E-state index in [1.54, 1.807) is 11.3 Å². The van der Waals surface area contributed by atoms with Crippen molar-refractivity contribution in [1.82, 2.24) is 15.5 Å². The molecule has 5 nitrogen and oxygen atoms in total. The molecule has 3 heterocycles. The van der Waals surface area contributed by atoms with E-state index in [0.29, 0.717) is 0 Å². The zero-order valence-electron chi connectivity index (χ0n) is 12.2. The molecule has 0 bridgehead atoms. The first-order chi connectivity index (χ1) is 10.1. The fourth-order valence-corrected chi connectivity index (χ4v) is 4.00. The Morgan fingerprint density at radius 3 is 3.00 bits per heavy atom. The van der Waals surface area contributed by atoms with Crippen molar-refractivity contribution in [3.05, 3.63) is 22.4 Å². The number of hydrogen-bond donors (Lipinski definition) is 2. The molecule has 1 aromatic rings. The number of thiophene rings is 1. The molecule has 1 aromatic heterocycles. The number of nitrogens with zero attached hydrogens (tertiary/aromatic N) is 1. The third kappa shape index (κ3) is 2.96. The van der Waals surface area contributed by atoms with Gasteiger partial charge in [-0.2, -0.15) is 0 Å². The zero-order chi connectivity index (χ0) is 14.9. The van der Waals surface area contributed by atoms with Crippen LogP contribution in [-0.2, 0) is 11.2 Å². The van der Waals surface area contributed by atoms with E-state index in [4.69, 9.17) is 0 Å². The van der Waals surface area contributed by atoms with Crippen LogP contribution in [0.4, 0.5) is 4.79 Å². The molecule has 6 heteroatoms. The van der Waals surface area contributed by atoms with E-state index in [9.17, 15) is 9.59 Å². The molecule has 0 unspecified atom stereocenters. The lowest BCUT2D eigenvalue weighted by molar-refractivity contribution is -0.126. The second kappa shape index (κ2) is 5.77. The number of carbonyl (C=O) groups excluding carboxylic acids is 2. The lowest BCUT2D eigenvalue weighted by atomic mass is 9.80. The van der Waals surface area contributed by atoms with Crippen molar-refractivity contribution < 1.29 is 9.59 Å². The largest absolute Gasteiger partial charge is 0.323 e. The quantitative estimate of drug-likeness (QED) is 0.831. The van der Waals surface area contributed by atoms with Gasteiger partial charge in [-0.3, -0.25) is 10.1 Å². The van der Waals surface area contributed by atoms with E-state index >= 15 is 0 Å². The molecule has 3 rings (SSSR count). The average Bonchev–Trinajstić information content (AvgIpc) is 3.06. The van der Waals surface area contributed by atoms with Crippen LogP contribution in [0.5, 0.6) is 0 Å². The second-order valence-electron chi connectivity index (χ2n) is 6.08. The molecule has 0 radical (unpaired) electrons. The number of carbonyl (C=O) groups is 2. The fraction of sp³-hybridized carbons (Fsp3) is 0.600. The Kier molecular flexibility index (Phi) is 3.99. The van der Waals surface area contributed by atoms with Crippen molar-refractivity contribution in [1.29, 1.82) is 0 Å². The van der Waals surface area contributed by atoms with Crippen LogP contribution in [0.3, 0.4) is 0 Å². The first-order valence-corrected chi connectivity index (χ1v) is 8.34. The van der Waals surface area contributed by atoms with Gasteiger partial charge in [0.2, 0.25) is 0 Å². The number of imide groups is 1. The fourth-order valence-electron chi connectivity index (χ4n) is 3.30. The number of hydrogen-bond acceptors (Lipinski definition) is 4. The van der Waals surface area contributed by atoms with Gasteiger partial charge in [-0.25, -0.2) is 4.79 Å². The minimum Gasteiger partial charge on any atom is -0.323 e. The van der Waals surface area contributed by atoms with Gasteiger partial charge in [-0.05, 0) is 44.2 Å². The summed E-state index contributed by atoms with van der Waals surface area (Å²) in [7, 11) is 0. The molecule has 2 saturated heterocycles. The monoisotopic (exact) mass is 307 g/mol. The van der Waals surface area contributed by atoms with Gasteiger partial charge in [0.25, 0.3) is 5.91 Å². The average molecular weight is 307 g/mol. The molecule has 2 atom stereocenters. The molecule has 0 aliphatic carbocycles. The van der Waals surface area contributed by atoms with Crippen molar-refractivity contribution >= 4 is 23.3 Å². The van der Waals surface area contributed by atoms with E-state index in [1.807, 2.05) is 6.92 Å². The lowest BCUT2D eigenvalue weighted by Crippen LogP contribution is -2.55. The minimum atomic E-state index is -0.751. The van der Waals surface area contributed by atoms with Gasteiger partial charge in [-0.15, -0.1) is 11.3 Å². The van der Waals surface area contributed by atoms with E-state index in [2.05, 4.69) is 33.0 Å². The van der Waals surface area contributed by atoms with E-state index in [0.717, 1.165) is 38.9 Å². The molecule has 2 fully saturated rings. The Bertz CT molecular complexity index is 531.